The second-order valence-corrected chi connectivity index (χ2v) is 5.61. The molecule has 3 aromatic rings. The molecular formula is C21H17N3O4. The van der Waals surface area contributed by atoms with E-state index >= 15 is 0 Å². The largest absolute Gasteiger partial charge is 0.493 e. The van der Waals surface area contributed by atoms with Gasteiger partial charge < -0.3 is 9.47 Å². The van der Waals surface area contributed by atoms with E-state index in [4.69, 9.17) is 9.47 Å². The van der Waals surface area contributed by atoms with Gasteiger partial charge in [-0.05, 0) is 48.0 Å². The molecule has 2 aromatic carbocycles. The number of aromatic nitrogens is 1. The molecule has 140 valence electrons. The van der Waals surface area contributed by atoms with E-state index in [1.807, 2.05) is 6.07 Å². The van der Waals surface area contributed by atoms with Crippen LogP contribution in [0.15, 0.2) is 78.2 Å². The molecule has 0 saturated carbocycles. The topological polar surface area (TPSA) is 89.9 Å². The highest BCUT2D eigenvalue weighted by molar-refractivity contribution is 5.94. The summed E-state index contributed by atoms with van der Waals surface area (Å²) in [6, 6.07) is 16.9. The monoisotopic (exact) mass is 375 g/mol. The lowest BCUT2D eigenvalue weighted by molar-refractivity contribution is 0.0729. The fourth-order valence-corrected chi connectivity index (χ4v) is 2.31. The maximum absolute atomic E-state index is 12.2. The van der Waals surface area contributed by atoms with E-state index in [0.29, 0.717) is 22.4 Å². The van der Waals surface area contributed by atoms with Gasteiger partial charge in [-0.2, -0.15) is 5.10 Å². The van der Waals surface area contributed by atoms with Gasteiger partial charge in [0.15, 0.2) is 11.5 Å². The molecule has 1 N–H and O–H groups in total. The van der Waals surface area contributed by atoms with Crippen LogP contribution in [0.1, 0.15) is 26.3 Å². The lowest BCUT2D eigenvalue weighted by Gasteiger charge is -2.10. The van der Waals surface area contributed by atoms with Gasteiger partial charge in [0.25, 0.3) is 5.91 Å². The molecule has 7 heteroatoms. The molecule has 0 spiro atoms. The molecule has 0 aliphatic heterocycles. The number of rotatable bonds is 6. The van der Waals surface area contributed by atoms with Crippen LogP contribution < -0.4 is 14.9 Å². The van der Waals surface area contributed by atoms with Crippen molar-refractivity contribution >= 4 is 18.1 Å². The molecule has 28 heavy (non-hydrogen) atoms. The standard InChI is InChI=1S/C21H17N3O4/c1-27-19-12-15(13-23-24-20(25)17-8-5-11-22-14-17)9-10-18(19)28-21(26)16-6-3-2-4-7-16/h2-14H,1H3,(H,24,25). The van der Waals surface area contributed by atoms with Crippen LogP contribution in [-0.2, 0) is 0 Å². The minimum absolute atomic E-state index is 0.285. The van der Waals surface area contributed by atoms with Crippen molar-refractivity contribution in [3.8, 4) is 11.5 Å². The summed E-state index contributed by atoms with van der Waals surface area (Å²) in [6.07, 6.45) is 4.49. The molecule has 0 radical (unpaired) electrons. The van der Waals surface area contributed by atoms with Gasteiger partial charge in [0, 0.05) is 12.4 Å². The SMILES string of the molecule is COc1cc(C=NNC(=O)c2cccnc2)ccc1OC(=O)c1ccccc1. The smallest absolute Gasteiger partial charge is 0.343 e. The van der Waals surface area contributed by atoms with Gasteiger partial charge in [-0.15, -0.1) is 0 Å². The summed E-state index contributed by atoms with van der Waals surface area (Å²) in [5.74, 6) is -0.200. The predicted molar refractivity (Wildman–Crippen MR) is 104 cm³/mol. The number of nitrogens with zero attached hydrogens (tertiary/aromatic N) is 2. The zero-order valence-corrected chi connectivity index (χ0v) is 15.0. The van der Waals surface area contributed by atoms with Crippen LogP contribution in [0.25, 0.3) is 0 Å². The molecule has 3 rings (SSSR count). The van der Waals surface area contributed by atoms with Gasteiger partial charge in [0.05, 0.1) is 24.5 Å². The number of nitrogens with one attached hydrogen (secondary N) is 1. The average molecular weight is 375 g/mol. The predicted octanol–water partition coefficient (Wildman–Crippen LogP) is 3.07. The minimum Gasteiger partial charge on any atom is -0.493 e. The molecule has 7 nitrogen and oxygen atoms in total. The molecule has 1 amide bonds. The van der Waals surface area contributed by atoms with Crippen LogP contribution in [0.3, 0.4) is 0 Å². The Balaban J connectivity index is 1.67. The highest BCUT2D eigenvalue weighted by Gasteiger charge is 2.12. The normalized spacial score (nSPS) is 10.5. The fourth-order valence-electron chi connectivity index (χ4n) is 2.31. The first-order chi connectivity index (χ1) is 13.7. The number of carbonyl (C=O) groups is 2. The average Bonchev–Trinajstić information content (AvgIpc) is 2.75. The third kappa shape index (κ3) is 4.79. The summed E-state index contributed by atoms with van der Waals surface area (Å²) in [4.78, 5) is 28.0. The molecule has 0 atom stereocenters. The molecular weight excluding hydrogens is 358 g/mol. The van der Waals surface area contributed by atoms with Gasteiger partial charge >= 0.3 is 5.97 Å². The lowest BCUT2D eigenvalue weighted by atomic mass is 10.2. The van der Waals surface area contributed by atoms with E-state index in [2.05, 4.69) is 15.5 Å². The second-order valence-electron chi connectivity index (χ2n) is 5.61. The number of pyridine rings is 1. The van der Waals surface area contributed by atoms with E-state index in [-0.39, 0.29) is 11.7 Å². The van der Waals surface area contributed by atoms with Crippen LogP contribution in [0.2, 0.25) is 0 Å². The fraction of sp³-hybridized carbons (Fsp3) is 0.0476. The van der Waals surface area contributed by atoms with Crippen molar-refractivity contribution in [2.45, 2.75) is 0 Å². The summed E-state index contributed by atoms with van der Waals surface area (Å²) in [5.41, 5.74) is 3.91. The Labute approximate surface area is 161 Å². The molecule has 0 aliphatic carbocycles. The second kappa shape index (κ2) is 9.09. The molecule has 0 saturated heterocycles. The van der Waals surface area contributed by atoms with Gasteiger partial charge in [-0.1, -0.05) is 18.2 Å². The van der Waals surface area contributed by atoms with Crippen LogP contribution >= 0.6 is 0 Å². The van der Waals surface area contributed by atoms with E-state index in [0.717, 1.165) is 0 Å². The van der Waals surface area contributed by atoms with E-state index in [9.17, 15) is 9.59 Å². The first-order valence-electron chi connectivity index (χ1n) is 8.36. The molecule has 0 unspecified atom stereocenters. The molecule has 1 heterocycles. The summed E-state index contributed by atoms with van der Waals surface area (Å²) in [7, 11) is 1.47. The summed E-state index contributed by atoms with van der Waals surface area (Å²) < 4.78 is 10.7. The van der Waals surface area contributed by atoms with E-state index in [1.165, 1.54) is 19.5 Å². The van der Waals surface area contributed by atoms with Crippen molar-refractivity contribution in [1.82, 2.24) is 10.4 Å². The number of hydrogen-bond donors (Lipinski definition) is 1. The minimum atomic E-state index is -0.482. The van der Waals surface area contributed by atoms with E-state index < -0.39 is 5.97 Å². The van der Waals surface area contributed by atoms with Crippen molar-refractivity contribution in [3.05, 3.63) is 89.7 Å². The Morgan fingerprint density at radius 2 is 1.79 bits per heavy atom. The highest BCUT2D eigenvalue weighted by atomic mass is 16.6. The number of esters is 1. The van der Waals surface area contributed by atoms with Crippen molar-refractivity contribution < 1.29 is 19.1 Å². The number of amides is 1. The summed E-state index contributed by atoms with van der Waals surface area (Å²) >= 11 is 0. The quantitative estimate of drug-likeness (QED) is 0.309. The van der Waals surface area contributed by atoms with Crippen LogP contribution in [0.5, 0.6) is 11.5 Å². The van der Waals surface area contributed by atoms with Crippen molar-refractivity contribution in [2.75, 3.05) is 7.11 Å². The number of hydrogen-bond acceptors (Lipinski definition) is 6. The Morgan fingerprint density at radius 3 is 2.50 bits per heavy atom. The molecule has 0 aliphatic rings. The third-order valence-corrected chi connectivity index (χ3v) is 3.70. The zero-order valence-electron chi connectivity index (χ0n) is 15.0. The van der Waals surface area contributed by atoms with Crippen LogP contribution in [-0.4, -0.2) is 30.2 Å². The molecule has 0 bridgehead atoms. The summed E-state index contributed by atoms with van der Waals surface area (Å²) in [6.45, 7) is 0. The zero-order chi connectivity index (χ0) is 19.8. The van der Waals surface area contributed by atoms with Crippen molar-refractivity contribution in [1.29, 1.82) is 0 Å². The molecule has 1 aromatic heterocycles. The number of methoxy groups -OCH3 is 1. The Morgan fingerprint density at radius 1 is 1.00 bits per heavy atom. The van der Waals surface area contributed by atoms with Gasteiger partial charge in [0.2, 0.25) is 0 Å². The van der Waals surface area contributed by atoms with Gasteiger partial charge in [0.1, 0.15) is 0 Å². The number of benzene rings is 2. The van der Waals surface area contributed by atoms with Gasteiger partial charge in [-0.3, -0.25) is 9.78 Å². The van der Waals surface area contributed by atoms with Gasteiger partial charge in [-0.25, -0.2) is 10.2 Å². The summed E-state index contributed by atoms with van der Waals surface area (Å²) in [5, 5.41) is 3.92. The van der Waals surface area contributed by atoms with Crippen molar-refractivity contribution in [3.63, 3.8) is 0 Å². The number of ether oxygens (including phenoxy) is 2. The number of hydrazone groups is 1. The molecule has 0 fully saturated rings. The maximum atomic E-state index is 12.2. The highest BCUT2D eigenvalue weighted by Crippen LogP contribution is 2.28. The lowest BCUT2D eigenvalue weighted by Crippen LogP contribution is -2.17. The Kier molecular flexibility index (Phi) is 6.10. The van der Waals surface area contributed by atoms with Crippen LogP contribution in [0, 0.1) is 0 Å². The first kappa shape index (κ1) is 18.8. The Bertz CT molecular complexity index is 989. The van der Waals surface area contributed by atoms with Crippen molar-refractivity contribution in [2.24, 2.45) is 5.10 Å². The maximum Gasteiger partial charge on any atom is 0.343 e. The third-order valence-electron chi connectivity index (χ3n) is 3.70. The van der Waals surface area contributed by atoms with E-state index in [1.54, 1.807) is 60.8 Å². The first-order valence-corrected chi connectivity index (χ1v) is 8.36. The Hall–Kier alpha value is -4.00. The van der Waals surface area contributed by atoms with Crippen LogP contribution in [0.4, 0.5) is 0 Å². The number of carbonyl (C=O) groups excluding carboxylic acids is 2.